The predicted octanol–water partition coefficient (Wildman–Crippen LogP) is 4.13. The van der Waals surface area contributed by atoms with Crippen molar-refractivity contribution in [1.29, 1.82) is 0 Å². The first kappa shape index (κ1) is 16.0. The van der Waals surface area contributed by atoms with E-state index in [1.165, 1.54) is 12.1 Å². The Morgan fingerprint density at radius 1 is 1.21 bits per heavy atom. The first-order valence-electron chi connectivity index (χ1n) is 6.63. The normalized spacial score (nSPS) is 13.8. The lowest BCUT2D eigenvalue weighted by Gasteiger charge is -2.19. The van der Waals surface area contributed by atoms with Gasteiger partial charge in [0.25, 0.3) is 0 Å². The van der Waals surface area contributed by atoms with E-state index in [0.29, 0.717) is 18.3 Å². The van der Waals surface area contributed by atoms with Gasteiger partial charge in [-0.1, -0.05) is 32.0 Å². The van der Waals surface area contributed by atoms with E-state index < -0.39 is 11.7 Å². The molecule has 1 atom stereocenters. The van der Waals surface area contributed by atoms with Crippen LogP contribution in [0.3, 0.4) is 0 Å². The van der Waals surface area contributed by atoms with E-state index in [0.717, 1.165) is 24.6 Å². The molecule has 1 rings (SSSR count). The highest BCUT2D eigenvalue weighted by molar-refractivity contribution is 5.26. The van der Waals surface area contributed by atoms with Crippen LogP contribution in [0.15, 0.2) is 24.3 Å². The number of hydrogen-bond acceptors (Lipinski definition) is 1. The van der Waals surface area contributed by atoms with Gasteiger partial charge in [-0.2, -0.15) is 13.2 Å². The molecule has 0 saturated heterocycles. The van der Waals surface area contributed by atoms with Crippen molar-refractivity contribution in [2.45, 2.75) is 32.9 Å². The summed E-state index contributed by atoms with van der Waals surface area (Å²) in [6.07, 6.45) is -2.56. The van der Waals surface area contributed by atoms with Gasteiger partial charge in [-0.15, -0.1) is 0 Å². The SMILES string of the molecule is CNCC(Cc1cccc(C(F)(F)F)c1)CC(C)C. The highest BCUT2D eigenvalue weighted by Gasteiger charge is 2.30. The summed E-state index contributed by atoms with van der Waals surface area (Å²) in [5.74, 6) is 0.914. The topological polar surface area (TPSA) is 12.0 Å². The third kappa shape index (κ3) is 5.64. The minimum Gasteiger partial charge on any atom is -0.319 e. The smallest absolute Gasteiger partial charge is 0.319 e. The average molecular weight is 273 g/mol. The summed E-state index contributed by atoms with van der Waals surface area (Å²) in [7, 11) is 1.87. The van der Waals surface area contributed by atoms with E-state index in [9.17, 15) is 13.2 Å². The van der Waals surface area contributed by atoms with Gasteiger partial charge in [-0.3, -0.25) is 0 Å². The number of nitrogens with one attached hydrogen (secondary N) is 1. The zero-order valence-electron chi connectivity index (χ0n) is 11.7. The van der Waals surface area contributed by atoms with Gasteiger partial charge in [-0.05, 0) is 49.9 Å². The Hall–Kier alpha value is -1.03. The molecule has 0 saturated carbocycles. The molecule has 0 radical (unpaired) electrons. The van der Waals surface area contributed by atoms with Crippen LogP contribution in [0.1, 0.15) is 31.4 Å². The van der Waals surface area contributed by atoms with Gasteiger partial charge < -0.3 is 5.32 Å². The Balaban J connectivity index is 2.79. The molecule has 1 nitrogen and oxygen atoms in total. The molecule has 0 amide bonds. The third-order valence-electron chi connectivity index (χ3n) is 3.08. The van der Waals surface area contributed by atoms with E-state index >= 15 is 0 Å². The van der Waals surface area contributed by atoms with Gasteiger partial charge >= 0.3 is 6.18 Å². The fourth-order valence-electron chi connectivity index (χ4n) is 2.40. The number of benzene rings is 1. The fourth-order valence-corrected chi connectivity index (χ4v) is 2.40. The van der Waals surface area contributed by atoms with Crippen molar-refractivity contribution in [3.63, 3.8) is 0 Å². The standard InChI is InChI=1S/C15H22F3N/c1-11(2)7-13(10-19-3)8-12-5-4-6-14(9-12)15(16,17)18/h4-6,9,11,13,19H,7-8,10H2,1-3H3. The zero-order chi connectivity index (χ0) is 14.5. The van der Waals surface area contributed by atoms with Gasteiger partial charge in [0.2, 0.25) is 0 Å². The lowest BCUT2D eigenvalue weighted by molar-refractivity contribution is -0.137. The molecule has 0 spiro atoms. The van der Waals surface area contributed by atoms with Gasteiger partial charge in [0, 0.05) is 0 Å². The summed E-state index contributed by atoms with van der Waals surface area (Å²) in [4.78, 5) is 0. The van der Waals surface area contributed by atoms with Crippen LogP contribution < -0.4 is 5.32 Å². The lowest BCUT2D eigenvalue weighted by atomic mass is 9.90. The Bertz CT molecular complexity index is 385. The first-order chi connectivity index (χ1) is 8.82. The summed E-state index contributed by atoms with van der Waals surface area (Å²) in [5, 5.41) is 3.12. The van der Waals surface area contributed by atoms with Crippen LogP contribution in [-0.2, 0) is 12.6 Å². The maximum absolute atomic E-state index is 12.7. The predicted molar refractivity (Wildman–Crippen MR) is 72.0 cm³/mol. The van der Waals surface area contributed by atoms with Crippen LogP contribution in [0, 0.1) is 11.8 Å². The Morgan fingerprint density at radius 3 is 2.42 bits per heavy atom. The van der Waals surface area contributed by atoms with Crippen LogP contribution in [0.5, 0.6) is 0 Å². The molecule has 0 heterocycles. The number of rotatable bonds is 6. The molecule has 19 heavy (non-hydrogen) atoms. The molecule has 4 heteroatoms. The molecule has 1 N–H and O–H groups in total. The fraction of sp³-hybridized carbons (Fsp3) is 0.600. The summed E-state index contributed by atoms with van der Waals surface area (Å²) >= 11 is 0. The summed E-state index contributed by atoms with van der Waals surface area (Å²) in [6, 6.07) is 5.66. The summed E-state index contributed by atoms with van der Waals surface area (Å²) in [6.45, 7) is 5.10. The van der Waals surface area contributed by atoms with E-state index in [-0.39, 0.29) is 0 Å². The molecule has 1 aromatic rings. The molecule has 0 fully saturated rings. The monoisotopic (exact) mass is 273 g/mol. The number of halogens is 3. The van der Waals surface area contributed by atoms with Crippen molar-refractivity contribution in [1.82, 2.24) is 5.32 Å². The maximum Gasteiger partial charge on any atom is 0.416 e. The van der Waals surface area contributed by atoms with Crippen molar-refractivity contribution in [2.75, 3.05) is 13.6 Å². The highest BCUT2D eigenvalue weighted by atomic mass is 19.4. The van der Waals surface area contributed by atoms with Crippen molar-refractivity contribution in [2.24, 2.45) is 11.8 Å². The first-order valence-corrected chi connectivity index (χ1v) is 6.63. The third-order valence-corrected chi connectivity index (χ3v) is 3.08. The molecular weight excluding hydrogens is 251 g/mol. The average Bonchev–Trinajstić information content (AvgIpc) is 2.27. The van der Waals surface area contributed by atoms with Crippen molar-refractivity contribution < 1.29 is 13.2 Å². The molecule has 108 valence electrons. The number of alkyl halides is 3. The van der Waals surface area contributed by atoms with E-state index in [1.54, 1.807) is 6.07 Å². The summed E-state index contributed by atoms with van der Waals surface area (Å²) < 4.78 is 38.0. The molecule has 0 aliphatic rings. The molecule has 0 aromatic heterocycles. The molecule has 1 unspecified atom stereocenters. The maximum atomic E-state index is 12.7. The zero-order valence-corrected chi connectivity index (χ0v) is 11.7. The Kier molecular flexibility index (Phi) is 5.85. The van der Waals surface area contributed by atoms with Crippen molar-refractivity contribution in [3.05, 3.63) is 35.4 Å². The van der Waals surface area contributed by atoms with Crippen molar-refractivity contribution >= 4 is 0 Å². The second kappa shape index (κ2) is 6.94. The van der Waals surface area contributed by atoms with Crippen LogP contribution >= 0.6 is 0 Å². The Morgan fingerprint density at radius 2 is 1.89 bits per heavy atom. The molecular formula is C15H22F3N. The highest BCUT2D eigenvalue weighted by Crippen LogP contribution is 2.30. The van der Waals surface area contributed by atoms with E-state index in [2.05, 4.69) is 19.2 Å². The van der Waals surface area contributed by atoms with Gasteiger partial charge in [0.05, 0.1) is 5.56 Å². The van der Waals surface area contributed by atoms with Crippen LogP contribution in [0.25, 0.3) is 0 Å². The minimum absolute atomic E-state index is 0.369. The van der Waals surface area contributed by atoms with Crippen LogP contribution in [-0.4, -0.2) is 13.6 Å². The van der Waals surface area contributed by atoms with Gasteiger partial charge in [0.1, 0.15) is 0 Å². The van der Waals surface area contributed by atoms with Crippen molar-refractivity contribution in [3.8, 4) is 0 Å². The summed E-state index contributed by atoms with van der Waals surface area (Å²) in [5.41, 5.74) is 0.202. The van der Waals surface area contributed by atoms with Gasteiger partial charge in [0.15, 0.2) is 0 Å². The molecule has 0 aliphatic heterocycles. The minimum atomic E-state index is -4.26. The lowest BCUT2D eigenvalue weighted by Crippen LogP contribution is -2.22. The molecule has 1 aromatic carbocycles. The van der Waals surface area contributed by atoms with E-state index in [4.69, 9.17) is 0 Å². The van der Waals surface area contributed by atoms with Gasteiger partial charge in [-0.25, -0.2) is 0 Å². The Labute approximate surface area is 113 Å². The molecule has 0 bridgehead atoms. The molecule has 0 aliphatic carbocycles. The second-order valence-electron chi connectivity index (χ2n) is 5.46. The van der Waals surface area contributed by atoms with Crippen LogP contribution in [0.4, 0.5) is 13.2 Å². The van der Waals surface area contributed by atoms with Crippen LogP contribution in [0.2, 0.25) is 0 Å². The largest absolute Gasteiger partial charge is 0.416 e. The quantitative estimate of drug-likeness (QED) is 0.821. The second-order valence-corrected chi connectivity index (χ2v) is 5.46. The van der Waals surface area contributed by atoms with E-state index in [1.807, 2.05) is 7.05 Å². The number of hydrogen-bond donors (Lipinski definition) is 1.